The molecule has 0 bridgehead atoms. The van der Waals surface area contributed by atoms with Crippen LogP contribution in [-0.4, -0.2) is 24.2 Å². The molecule has 36 heavy (non-hydrogen) atoms. The minimum Gasteiger partial charge on any atom is -0.268 e. The van der Waals surface area contributed by atoms with E-state index in [4.69, 9.17) is 0 Å². The van der Waals surface area contributed by atoms with Gasteiger partial charge in [-0.25, -0.2) is 13.4 Å². The van der Waals surface area contributed by atoms with Gasteiger partial charge in [0.15, 0.2) is 0 Å². The van der Waals surface area contributed by atoms with E-state index in [-0.39, 0.29) is 21.8 Å². The maximum Gasteiger partial charge on any atom is 0.273 e. The summed E-state index contributed by atoms with van der Waals surface area (Å²) < 4.78 is 28.2. The molecule has 0 saturated heterocycles. The third-order valence-electron chi connectivity index (χ3n) is 5.83. The van der Waals surface area contributed by atoms with Gasteiger partial charge in [0.25, 0.3) is 21.6 Å². The third-order valence-corrected chi connectivity index (χ3v) is 7.55. The molecular formula is C27H19N3O5S. The molecule has 1 amide bonds. The lowest BCUT2D eigenvalue weighted by atomic mass is 10.0. The van der Waals surface area contributed by atoms with Gasteiger partial charge in [-0.15, -0.1) is 0 Å². The molecule has 0 radical (unpaired) electrons. The van der Waals surface area contributed by atoms with Gasteiger partial charge in [-0.3, -0.25) is 14.9 Å². The number of sulfonamides is 1. The van der Waals surface area contributed by atoms with E-state index in [2.05, 4.69) is 4.98 Å². The van der Waals surface area contributed by atoms with E-state index in [1.807, 2.05) is 31.2 Å². The Bertz CT molecular complexity index is 1750. The third kappa shape index (κ3) is 4.05. The van der Waals surface area contributed by atoms with Crippen LogP contribution in [0.15, 0.2) is 102 Å². The number of nitrogens with zero attached hydrogens (tertiary/aromatic N) is 3. The van der Waals surface area contributed by atoms with Crippen molar-refractivity contribution < 1.29 is 18.1 Å². The molecule has 0 atom stereocenters. The van der Waals surface area contributed by atoms with Gasteiger partial charge in [-0.2, -0.15) is 4.31 Å². The minimum absolute atomic E-state index is 0.0167. The van der Waals surface area contributed by atoms with E-state index in [9.17, 15) is 23.3 Å². The second-order valence-electron chi connectivity index (χ2n) is 8.21. The van der Waals surface area contributed by atoms with E-state index in [1.165, 1.54) is 36.4 Å². The van der Waals surface area contributed by atoms with Crippen molar-refractivity contribution in [2.75, 3.05) is 4.31 Å². The van der Waals surface area contributed by atoms with Gasteiger partial charge < -0.3 is 0 Å². The number of aromatic nitrogens is 1. The summed E-state index contributed by atoms with van der Waals surface area (Å²) in [6.45, 7) is 1.82. The van der Waals surface area contributed by atoms with E-state index in [1.54, 1.807) is 36.4 Å². The molecule has 0 aliphatic heterocycles. The summed E-state index contributed by atoms with van der Waals surface area (Å²) in [5.74, 6) is -0.799. The molecule has 0 unspecified atom stereocenters. The number of rotatable bonds is 5. The van der Waals surface area contributed by atoms with Gasteiger partial charge in [0, 0.05) is 22.9 Å². The maximum absolute atomic E-state index is 14.0. The smallest absolute Gasteiger partial charge is 0.268 e. The Morgan fingerprint density at radius 3 is 2.22 bits per heavy atom. The summed E-state index contributed by atoms with van der Waals surface area (Å²) in [6.07, 6.45) is 0. The Morgan fingerprint density at radius 1 is 0.861 bits per heavy atom. The molecule has 0 saturated carbocycles. The summed E-state index contributed by atoms with van der Waals surface area (Å²) >= 11 is 0. The number of non-ortho nitro benzene ring substituents is 1. The fraction of sp³-hybridized carbons (Fsp3) is 0.0370. The molecule has 4 aromatic carbocycles. The highest BCUT2D eigenvalue weighted by molar-refractivity contribution is 7.93. The van der Waals surface area contributed by atoms with Crippen LogP contribution < -0.4 is 4.31 Å². The number of carbonyl (C=O) groups excluding carboxylic acids is 1. The van der Waals surface area contributed by atoms with E-state index >= 15 is 0 Å². The number of carbonyl (C=O) groups is 1. The molecule has 0 aliphatic carbocycles. The van der Waals surface area contributed by atoms with Gasteiger partial charge in [0.1, 0.15) is 0 Å². The fourth-order valence-corrected chi connectivity index (χ4v) is 5.39. The Morgan fingerprint density at radius 2 is 1.53 bits per heavy atom. The van der Waals surface area contributed by atoms with Crippen molar-refractivity contribution in [1.29, 1.82) is 0 Å². The maximum atomic E-state index is 14.0. The van der Waals surface area contributed by atoms with E-state index in [0.29, 0.717) is 15.2 Å². The average molecular weight is 498 g/mol. The zero-order valence-electron chi connectivity index (χ0n) is 19.0. The predicted octanol–water partition coefficient (Wildman–Crippen LogP) is 5.64. The van der Waals surface area contributed by atoms with Crippen molar-refractivity contribution in [1.82, 2.24) is 4.98 Å². The second-order valence-corrected chi connectivity index (χ2v) is 10.0. The Hall–Kier alpha value is -4.63. The van der Waals surface area contributed by atoms with Crippen LogP contribution in [0.4, 0.5) is 11.4 Å². The number of nitro groups is 1. The molecule has 1 heterocycles. The van der Waals surface area contributed by atoms with Crippen molar-refractivity contribution >= 4 is 49.1 Å². The molecule has 0 fully saturated rings. The standard InChI is InChI=1S/C27H19N3O5S/c1-18-9-15-22(16-10-18)36(34,35)29(20-11-13-21(14-12-20)30(32)33)27(31)23-6-4-8-26-24(23)17-19-5-2-3-7-25(19)28-26/h2-17H,1H3. The lowest BCUT2D eigenvalue weighted by molar-refractivity contribution is -0.384. The Labute approximate surface area is 206 Å². The average Bonchev–Trinajstić information content (AvgIpc) is 2.87. The van der Waals surface area contributed by atoms with Crippen molar-refractivity contribution in [2.45, 2.75) is 11.8 Å². The highest BCUT2D eigenvalue weighted by Gasteiger charge is 2.33. The highest BCUT2D eigenvalue weighted by atomic mass is 32.2. The van der Waals surface area contributed by atoms with Crippen molar-refractivity contribution in [3.05, 3.63) is 118 Å². The van der Waals surface area contributed by atoms with Crippen molar-refractivity contribution in [3.63, 3.8) is 0 Å². The molecule has 8 nitrogen and oxygen atoms in total. The first-order chi connectivity index (χ1) is 17.3. The highest BCUT2D eigenvalue weighted by Crippen LogP contribution is 2.31. The van der Waals surface area contributed by atoms with Gasteiger partial charge in [0.05, 0.1) is 32.1 Å². The summed E-state index contributed by atoms with van der Waals surface area (Å²) in [6, 6.07) is 25.1. The van der Waals surface area contributed by atoms with E-state index < -0.39 is 20.9 Å². The molecule has 9 heteroatoms. The van der Waals surface area contributed by atoms with Crippen LogP contribution in [0.3, 0.4) is 0 Å². The number of nitro benzene ring substituents is 1. The number of fused-ring (bicyclic) bond motifs is 2. The number of benzene rings is 4. The van der Waals surface area contributed by atoms with Crippen LogP contribution in [-0.2, 0) is 10.0 Å². The molecule has 5 rings (SSSR count). The lowest BCUT2D eigenvalue weighted by Crippen LogP contribution is -2.37. The zero-order chi connectivity index (χ0) is 25.4. The first kappa shape index (κ1) is 23.1. The first-order valence-corrected chi connectivity index (χ1v) is 12.4. The van der Waals surface area contributed by atoms with Crippen LogP contribution in [0.2, 0.25) is 0 Å². The largest absolute Gasteiger partial charge is 0.273 e. The summed E-state index contributed by atoms with van der Waals surface area (Å²) in [7, 11) is -4.37. The van der Waals surface area contributed by atoms with Crippen LogP contribution in [0.5, 0.6) is 0 Å². The molecule has 0 N–H and O–H groups in total. The second kappa shape index (κ2) is 8.86. The monoisotopic (exact) mass is 497 g/mol. The molecule has 5 aromatic rings. The number of para-hydroxylation sites is 1. The quantitative estimate of drug-likeness (QED) is 0.177. The fourth-order valence-electron chi connectivity index (χ4n) is 3.99. The van der Waals surface area contributed by atoms with Crippen LogP contribution >= 0.6 is 0 Å². The SMILES string of the molecule is Cc1ccc(S(=O)(=O)N(C(=O)c2cccc3nc4ccccc4cc23)c2ccc([N+](=O)[O-])cc2)cc1. The van der Waals surface area contributed by atoms with Crippen LogP contribution in [0, 0.1) is 17.0 Å². The lowest BCUT2D eigenvalue weighted by Gasteiger charge is -2.23. The zero-order valence-corrected chi connectivity index (χ0v) is 19.8. The number of hydrogen-bond acceptors (Lipinski definition) is 6. The first-order valence-electron chi connectivity index (χ1n) is 10.9. The van der Waals surface area contributed by atoms with E-state index in [0.717, 1.165) is 16.5 Å². The van der Waals surface area contributed by atoms with Gasteiger partial charge in [0.2, 0.25) is 0 Å². The number of amides is 1. The van der Waals surface area contributed by atoms with Gasteiger partial charge in [-0.05, 0) is 55.5 Å². The molecule has 0 spiro atoms. The molecule has 178 valence electrons. The van der Waals surface area contributed by atoms with Crippen LogP contribution in [0.1, 0.15) is 15.9 Å². The minimum atomic E-state index is -4.37. The van der Waals surface area contributed by atoms with Crippen molar-refractivity contribution in [3.8, 4) is 0 Å². The molecular weight excluding hydrogens is 478 g/mol. The summed E-state index contributed by atoms with van der Waals surface area (Å²) in [5.41, 5.74) is 2.04. The number of anilines is 1. The van der Waals surface area contributed by atoms with Crippen molar-refractivity contribution in [2.24, 2.45) is 0 Å². The molecule has 1 aromatic heterocycles. The Balaban J connectivity index is 1.72. The summed E-state index contributed by atoms with van der Waals surface area (Å²) in [5, 5.41) is 12.4. The number of hydrogen-bond donors (Lipinski definition) is 0. The normalized spacial score (nSPS) is 11.5. The number of aryl methyl sites for hydroxylation is 1. The number of pyridine rings is 1. The summed E-state index contributed by atoms with van der Waals surface area (Å²) in [4.78, 5) is 29.1. The Kier molecular flexibility index (Phi) is 5.69. The topological polar surface area (TPSA) is 110 Å². The molecule has 0 aliphatic rings. The van der Waals surface area contributed by atoms with Crippen LogP contribution in [0.25, 0.3) is 21.8 Å². The van der Waals surface area contributed by atoms with Gasteiger partial charge >= 0.3 is 0 Å². The van der Waals surface area contributed by atoms with Gasteiger partial charge in [-0.1, -0.05) is 42.0 Å². The predicted molar refractivity (Wildman–Crippen MR) is 138 cm³/mol.